The standard InChI is InChI=1S/C9H10N2O7/c12-3-4(13)6(8(15)16)18-5(3)2-1-10-9(17)11-7(2)14/h1,3-6,12-13H,(H,15,16)(H2,10,11,14,17)/t3-,4+,5+,6+/m1/s1. The third-order valence-corrected chi connectivity index (χ3v) is 2.66. The molecule has 1 aliphatic heterocycles. The molecule has 2 heterocycles. The monoisotopic (exact) mass is 258 g/mol. The molecule has 98 valence electrons. The van der Waals surface area contributed by atoms with E-state index in [-0.39, 0.29) is 5.56 Å². The number of hydrogen-bond donors (Lipinski definition) is 5. The van der Waals surface area contributed by atoms with Gasteiger partial charge in [-0.2, -0.15) is 0 Å². The van der Waals surface area contributed by atoms with Gasteiger partial charge in [0.05, 0.1) is 5.56 Å². The van der Waals surface area contributed by atoms with Gasteiger partial charge in [-0.25, -0.2) is 9.59 Å². The van der Waals surface area contributed by atoms with Gasteiger partial charge in [0.15, 0.2) is 6.10 Å². The third-order valence-electron chi connectivity index (χ3n) is 2.66. The van der Waals surface area contributed by atoms with Crippen LogP contribution in [0.1, 0.15) is 11.7 Å². The van der Waals surface area contributed by atoms with Gasteiger partial charge >= 0.3 is 11.7 Å². The van der Waals surface area contributed by atoms with E-state index in [4.69, 9.17) is 9.84 Å². The summed E-state index contributed by atoms with van der Waals surface area (Å²) < 4.78 is 4.91. The first-order chi connectivity index (χ1) is 8.41. The summed E-state index contributed by atoms with van der Waals surface area (Å²) in [6, 6.07) is 0. The van der Waals surface area contributed by atoms with Crippen LogP contribution in [0.25, 0.3) is 0 Å². The number of rotatable bonds is 2. The Bertz CT molecular complexity index is 577. The molecule has 18 heavy (non-hydrogen) atoms. The predicted octanol–water partition coefficient (Wildman–Crippen LogP) is -2.69. The van der Waals surface area contributed by atoms with E-state index in [1.807, 2.05) is 4.98 Å². The lowest BCUT2D eigenvalue weighted by Crippen LogP contribution is -2.36. The zero-order valence-corrected chi connectivity index (χ0v) is 8.86. The molecule has 1 fully saturated rings. The summed E-state index contributed by atoms with van der Waals surface area (Å²) >= 11 is 0. The van der Waals surface area contributed by atoms with Crippen molar-refractivity contribution in [2.75, 3.05) is 0 Å². The van der Waals surface area contributed by atoms with Gasteiger partial charge in [-0.05, 0) is 0 Å². The second-order valence-corrected chi connectivity index (χ2v) is 3.82. The number of carbonyl (C=O) groups is 1. The van der Waals surface area contributed by atoms with Gasteiger partial charge in [-0.1, -0.05) is 0 Å². The van der Waals surface area contributed by atoms with E-state index in [0.29, 0.717) is 0 Å². The second-order valence-electron chi connectivity index (χ2n) is 3.82. The summed E-state index contributed by atoms with van der Waals surface area (Å²) in [6.45, 7) is 0. The highest BCUT2D eigenvalue weighted by Crippen LogP contribution is 2.31. The summed E-state index contributed by atoms with van der Waals surface area (Å²) in [4.78, 5) is 37.1. The maximum Gasteiger partial charge on any atom is 0.335 e. The summed E-state index contributed by atoms with van der Waals surface area (Å²) in [6.07, 6.45) is -5.17. The Morgan fingerprint density at radius 1 is 1.28 bits per heavy atom. The predicted molar refractivity (Wildman–Crippen MR) is 54.9 cm³/mol. The van der Waals surface area contributed by atoms with Gasteiger partial charge in [-0.3, -0.25) is 9.78 Å². The maximum absolute atomic E-state index is 11.5. The lowest BCUT2D eigenvalue weighted by molar-refractivity contribution is -0.153. The van der Waals surface area contributed by atoms with Crippen LogP contribution < -0.4 is 11.2 Å². The van der Waals surface area contributed by atoms with Crippen molar-refractivity contribution in [2.45, 2.75) is 24.4 Å². The van der Waals surface area contributed by atoms with Crippen LogP contribution in [0, 0.1) is 0 Å². The van der Waals surface area contributed by atoms with Crippen molar-refractivity contribution >= 4 is 5.97 Å². The van der Waals surface area contributed by atoms with Crippen LogP contribution in [-0.4, -0.2) is 49.6 Å². The molecule has 4 atom stereocenters. The fourth-order valence-corrected chi connectivity index (χ4v) is 1.77. The molecule has 0 bridgehead atoms. The van der Waals surface area contributed by atoms with Crippen molar-refractivity contribution in [3.8, 4) is 0 Å². The van der Waals surface area contributed by atoms with E-state index in [2.05, 4.69) is 4.98 Å². The van der Waals surface area contributed by atoms with Crippen molar-refractivity contribution in [2.24, 2.45) is 0 Å². The van der Waals surface area contributed by atoms with E-state index < -0.39 is 41.6 Å². The lowest BCUT2D eigenvalue weighted by atomic mass is 10.0. The minimum Gasteiger partial charge on any atom is -0.479 e. The minimum absolute atomic E-state index is 0.162. The molecular weight excluding hydrogens is 248 g/mol. The number of aliphatic hydroxyl groups excluding tert-OH is 2. The van der Waals surface area contributed by atoms with Crippen LogP contribution in [-0.2, 0) is 9.53 Å². The molecule has 0 radical (unpaired) electrons. The first-order valence-corrected chi connectivity index (χ1v) is 4.98. The molecule has 0 amide bonds. The summed E-state index contributed by atoms with van der Waals surface area (Å²) in [5.74, 6) is -1.45. The van der Waals surface area contributed by atoms with Crippen molar-refractivity contribution < 1.29 is 24.9 Å². The SMILES string of the molecule is O=C(O)[C@H]1O[C@@H](c2c[nH]c(=O)[nH]c2=O)[C@H](O)[C@@H]1O. The number of aromatic amines is 2. The quantitative estimate of drug-likeness (QED) is 0.387. The summed E-state index contributed by atoms with van der Waals surface area (Å²) in [5.41, 5.74) is -1.72. The van der Waals surface area contributed by atoms with E-state index in [0.717, 1.165) is 6.20 Å². The Morgan fingerprint density at radius 2 is 1.94 bits per heavy atom. The number of ether oxygens (including phenoxy) is 1. The second kappa shape index (κ2) is 4.37. The van der Waals surface area contributed by atoms with Crippen LogP contribution in [0.5, 0.6) is 0 Å². The first kappa shape index (κ1) is 12.5. The highest BCUT2D eigenvalue weighted by atomic mass is 16.6. The molecule has 2 rings (SSSR count). The third kappa shape index (κ3) is 1.94. The number of carboxylic acids is 1. The van der Waals surface area contributed by atoms with Crippen LogP contribution in [0.15, 0.2) is 15.8 Å². The van der Waals surface area contributed by atoms with Crippen molar-refractivity contribution in [3.63, 3.8) is 0 Å². The number of carboxylic acid groups (broad SMARTS) is 1. The topological polar surface area (TPSA) is 153 Å². The van der Waals surface area contributed by atoms with Crippen molar-refractivity contribution in [1.82, 2.24) is 9.97 Å². The fourth-order valence-electron chi connectivity index (χ4n) is 1.77. The molecule has 1 aliphatic rings. The van der Waals surface area contributed by atoms with Gasteiger partial charge in [0.1, 0.15) is 18.3 Å². The lowest BCUT2D eigenvalue weighted by Gasteiger charge is -2.12. The largest absolute Gasteiger partial charge is 0.479 e. The molecule has 1 aromatic rings. The Morgan fingerprint density at radius 3 is 2.44 bits per heavy atom. The van der Waals surface area contributed by atoms with Crippen LogP contribution in [0.3, 0.4) is 0 Å². The molecule has 0 aliphatic carbocycles. The first-order valence-electron chi connectivity index (χ1n) is 4.98. The zero-order chi connectivity index (χ0) is 13.4. The Labute approximate surface area is 98.7 Å². The number of aliphatic hydroxyl groups is 2. The molecule has 9 nitrogen and oxygen atoms in total. The molecule has 5 N–H and O–H groups in total. The maximum atomic E-state index is 11.5. The molecule has 0 spiro atoms. The van der Waals surface area contributed by atoms with Crippen molar-refractivity contribution in [1.29, 1.82) is 0 Å². The van der Waals surface area contributed by atoms with Gasteiger partial charge < -0.3 is 25.0 Å². The fraction of sp³-hybridized carbons (Fsp3) is 0.444. The molecular formula is C9H10N2O7. The van der Waals surface area contributed by atoms with Gasteiger partial charge in [0.2, 0.25) is 0 Å². The molecule has 1 aromatic heterocycles. The smallest absolute Gasteiger partial charge is 0.335 e. The molecule has 0 saturated carbocycles. The minimum atomic E-state index is -1.65. The number of nitrogens with one attached hydrogen (secondary N) is 2. The highest BCUT2D eigenvalue weighted by Gasteiger charge is 2.47. The van der Waals surface area contributed by atoms with Crippen LogP contribution >= 0.6 is 0 Å². The molecule has 1 saturated heterocycles. The Balaban J connectivity index is 2.38. The van der Waals surface area contributed by atoms with Crippen molar-refractivity contribution in [3.05, 3.63) is 32.6 Å². The number of H-pyrrole nitrogens is 2. The van der Waals surface area contributed by atoms with Gasteiger partial charge in [-0.15, -0.1) is 0 Å². The molecule has 0 unspecified atom stereocenters. The number of hydrogen-bond acceptors (Lipinski definition) is 6. The normalized spacial score (nSPS) is 31.4. The van der Waals surface area contributed by atoms with E-state index in [1.54, 1.807) is 0 Å². The zero-order valence-electron chi connectivity index (χ0n) is 8.86. The number of aliphatic carboxylic acids is 1. The Kier molecular flexibility index (Phi) is 3.03. The Hall–Kier alpha value is -1.97. The van der Waals surface area contributed by atoms with Gasteiger partial charge in [0.25, 0.3) is 5.56 Å². The van der Waals surface area contributed by atoms with E-state index >= 15 is 0 Å². The number of aromatic nitrogens is 2. The van der Waals surface area contributed by atoms with Crippen LogP contribution in [0.4, 0.5) is 0 Å². The summed E-state index contributed by atoms with van der Waals surface area (Å²) in [7, 11) is 0. The average Bonchev–Trinajstić information content (AvgIpc) is 2.57. The van der Waals surface area contributed by atoms with Gasteiger partial charge in [0, 0.05) is 6.20 Å². The van der Waals surface area contributed by atoms with E-state index in [1.165, 1.54) is 0 Å². The molecule has 9 heteroatoms. The average molecular weight is 258 g/mol. The molecule has 0 aromatic carbocycles. The van der Waals surface area contributed by atoms with E-state index in [9.17, 15) is 24.6 Å². The highest BCUT2D eigenvalue weighted by molar-refractivity contribution is 5.73. The van der Waals surface area contributed by atoms with Crippen LogP contribution in [0.2, 0.25) is 0 Å². The summed E-state index contributed by atoms with van der Waals surface area (Å²) in [5, 5.41) is 27.8.